The molecule has 8 heteroatoms. The van der Waals surface area contributed by atoms with Crippen molar-refractivity contribution in [1.82, 2.24) is 24.7 Å². The van der Waals surface area contributed by atoms with E-state index >= 15 is 0 Å². The molecule has 3 aromatic rings. The van der Waals surface area contributed by atoms with Crippen LogP contribution in [0.3, 0.4) is 0 Å². The third-order valence-electron chi connectivity index (χ3n) is 7.37. The monoisotopic (exact) mass is 504 g/mol. The van der Waals surface area contributed by atoms with E-state index in [9.17, 15) is 0 Å². The van der Waals surface area contributed by atoms with Gasteiger partial charge in [-0.2, -0.15) is 0 Å². The van der Waals surface area contributed by atoms with E-state index in [0.717, 1.165) is 50.2 Å². The summed E-state index contributed by atoms with van der Waals surface area (Å²) in [4.78, 5) is 11.7. The molecular weight excluding hydrogens is 468 g/mol. The fourth-order valence-corrected chi connectivity index (χ4v) is 5.77. The van der Waals surface area contributed by atoms with E-state index < -0.39 is 0 Å². The van der Waals surface area contributed by atoms with Gasteiger partial charge in [0.25, 0.3) is 0 Å². The molecule has 2 aromatic heterocycles. The third-order valence-corrected chi connectivity index (χ3v) is 7.72. The van der Waals surface area contributed by atoms with Crippen LogP contribution >= 0.6 is 12.2 Å². The summed E-state index contributed by atoms with van der Waals surface area (Å²) in [6.07, 6.45) is 1.86. The molecule has 0 saturated carbocycles. The van der Waals surface area contributed by atoms with Crippen molar-refractivity contribution < 1.29 is 4.74 Å². The van der Waals surface area contributed by atoms with Crippen molar-refractivity contribution >= 4 is 23.0 Å². The molecule has 190 valence electrons. The van der Waals surface area contributed by atoms with Crippen molar-refractivity contribution in [2.24, 2.45) is 0 Å². The first-order chi connectivity index (χ1) is 17.4. The Balaban J connectivity index is 1.50. The average Bonchev–Trinajstić information content (AvgIpc) is 3.38. The predicted octanol–water partition coefficient (Wildman–Crippen LogP) is 3.86. The van der Waals surface area contributed by atoms with Crippen molar-refractivity contribution in [3.05, 3.63) is 77.4 Å². The summed E-state index contributed by atoms with van der Waals surface area (Å²) in [6.45, 7) is 9.78. The number of hydrogen-bond acceptors (Lipinski definition) is 5. The number of morpholine rings is 1. The number of aryl methyl sites for hydroxylation is 1. The second-order valence-electron chi connectivity index (χ2n) is 9.85. The molecule has 0 amide bonds. The maximum absolute atomic E-state index is 5.91. The molecule has 0 spiro atoms. The Labute approximate surface area is 219 Å². The van der Waals surface area contributed by atoms with Gasteiger partial charge in [0.15, 0.2) is 5.11 Å². The van der Waals surface area contributed by atoms with Crippen LogP contribution in [0.1, 0.15) is 34.7 Å². The Hall–Kier alpha value is -2.94. The number of benzene rings is 1. The van der Waals surface area contributed by atoms with Crippen LogP contribution in [0.5, 0.6) is 0 Å². The van der Waals surface area contributed by atoms with E-state index in [-0.39, 0.29) is 12.1 Å². The summed E-state index contributed by atoms with van der Waals surface area (Å²) >= 11 is 5.91. The molecular formula is C28H36N6OS. The molecule has 36 heavy (non-hydrogen) atoms. The number of rotatable bonds is 7. The van der Waals surface area contributed by atoms with Crippen molar-refractivity contribution in [1.29, 1.82) is 0 Å². The molecule has 4 heterocycles. The fourth-order valence-electron chi connectivity index (χ4n) is 5.44. The highest BCUT2D eigenvalue weighted by Crippen LogP contribution is 2.41. The van der Waals surface area contributed by atoms with Crippen molar-refractivity contribution in [2.45, 2.75) is 25.9 Å². The van der Waals surface area contributed by atoms with Crippen LogP contribution in [0.2, 0.25) is 0 Å². The lowest BCUT2D eigenvalue weighted by Crippen LogP contribution is -2.42. The van der Waals surface area contributed by atoms with Gasteiger partial charge < -0.3 is 24.4 Å². The highest BCUT2D eigenvalue weighted by molar-refractivity contribution is 7.80. The summed E-state index contributed by atoms with van der Waals surface area (Å²) in [7, 11) is 4.14. The Morgan fingerprint density at radius 3 is 2.47 bits per heavy atom. The SMILES string of the molecule is Cc1cc([C@@H]2[C@@H](c3ccccn3)NC(=S)N2CCN2CCOCC2)c(C)n1-c1ccc(N(C)C)cc1. The minimum absolute atomic E-state index is 0.00606. The van der Waals surface area contributed by atoms with E-state index in [1.165, 1.54) is 28.3 Å². The normalized spacial score (nSPS) is 20.6. The summed E-state index contributed by atoms with van der Waals surface area (Å²) in [5.74, 6) is 0. The lowest BCUT2D eigenvalue weighted by Gasteiger charge is -2.32. The van der Waals surface area contributed by atoms with Crippen LogP contribution < -0.4 is 10.2 Å². The smallest absolute Gasteiger partial charge is 0.170 e. The maximum Gasteiger partial charge on any atom is 0.170 e. The number of nitrogens with one attached hydrogen (secondary N) is 1. The first kappa shape index (κ1) is 24.7. The molecule has 0 bridgehead atoms. The second kappa shape index (κ2) is 10.6. The molecule has 7 nitrogen and oxygen atoms in total. The molecule has 2 atom stereocenters. The van der Waals surface area contributed by atoms with Gasteiger partial charge >= 0.3 is 0 Å². The summed E-state index contributed by atoms with van der Waals surface area (Å²) in [5.41, 5.74) is 7.11. The molecule has 0 radical (unpaired) electrons. The zero-order chi connectivity index (χ0) is 25.2. The van der Waals surface area contributed by atoms with Gasteiger partial charge in [0.2, 0.25) is 0 Å². The van der Waals surface area contributed by atoms with Crippen LogP contribution in [0.25, 0.3) is 5.69 Å². The summed E-state index contributed by atoms with van der Waals surface area (Å²) in [6, 6.07) is 17.2. The van der Waals surface area contributed by atoms with Crippen molar-refractivity contribution in [3.8, 4) is 5.69 Å². The van der Waals surface area contributed by atoms with E-state index in [1.807, 2.05) is 12.3 Å². The highest BCUT2D eigenvalue weighted by atomic mass is 32.1. The van der Waals surface area contributed by atoms with Gasteiger partial charge in [-0.25, -0.2) is 0 Å². The van der Waals surface area contributed by atoms with Crippen LogP contribution in [0.4, 0.5) is 5.69 Å². The van der Waals surface area contributed by atoms with Gasteiger partial charge in [-0.15, -0.1) is 0 Å². The van der Waals surface area contributed by atoms with Gasteiger partial charge in [-0.1, -0.05) is 6.07 Å². The first-order valence-electron chi connectivity index (χ1n) is 12.7. The number of aromatic nitrogens is 2. The van der Waals surface area contributed by atoms with Crippen molar-refractivity contribution in [2.75, 3.05) is 58.4 Å². The van der Waals surface area contributed by atoms with E-state index in [0.29, 0.717) is 0 Å². The van der Waals surface area contributed by atoms with Crippen LogP contribution in [-0.4, -0.2) is 78.0 Å². The van der Waals surface area contributed by atoms with Gasteiger partial charge in [0.05, 0.1) is 31.0 Å². The van der Waals surface area contributed by atoms with E-state index in [4.69, 9.17) is 21.9 Å². The zero-order valence-corrected chi connectivity index (χ0v) is 22.5. The Morgan fingerprint density at radius 2 is 1.81 bits per heavy atom. The molecule has 1 N–H and O–H groups in total. The van der Waals surface area contributed by atoms with E-state index in [1.54, 1.807) is 0 Å². The standard InChI is InChI=1S/C28H36N6OS/c1-20-19-24(21(2)34(20)23-10-8-22(9-11-23)31(3)4)27-26(25-7-5-6-12-29-25)30-28(36)33(27)14-13-32-15-17-35-18-16-32/h5-12,19,26-27H,13-18H2,1-4H3,(H,30,36)/t26-,27-/m1/s1. The largest absolute Gasteiger partial charge is 0.379 e. The fraction of sp³-hybridized carbons (Fsp3) is 0.429. The number of anilines is 1. The molecule has 2 aliphatic rings. The van der Waals surface area contributed by atoms with Crippen molar-refractivity contribution in [3.63, 3.8) is 0 Å². The molecule has 0 unspecified atom stereocenters. The lowest BCUT2D eigenvalue weighted by molar-refractivity contribution is 0.0350. The average molecular weight is 505 g/mol. The second-order valence-corrected chi connectivity index (χ2v) is 10.2. The van der Waals surface area contributed by atoms with Crippen LogP contribution in [0.15, 0.2) is 54.7 Å². The molecule has 0 aliphatic carbocycles. The van der Waals surface area contributed by atoms with E-state index in [2.05, 4.69) is 95.0 Å². The topological polar surface area (TPSA) is 48.8 Å². The number of thiocarbonyl (C=S) groups is 1. The minimum Gasteiger partial charge on any atom is -0.379 e. The van der Waals surface area contributed by atoms with Gasteiger partial charge in [-0.3, -0.25) is 9.88 Å². The maximum atomic E-state index is 5.91. The summed E-state index contributed by atoms with van der Waals surface area (Å²) in [5, 5.41) is 4.40. The number of ether oxygens (including phenoxy) is 1. The van der Waals surface area contributed by atoms with Crippen LogP contribution in [-0.2, 0) is 4.74 Å². The molecule has 2 fully saturated rings. The van der Waals surface area contributed by atoms with Crippen LogP contribution in [0, 0.1) is 13.8 Å². The van der Waals surface area contributed by atoms with Gasteiger partial charge in [0, 0.05) is 69.2 Å². The summed E-state index contributed by atoms with van der Waals surface area (Å²) < 4.78 is 7.90. The lowest BCUT2D eigenvalue weighted by atomic mass is 9.96. The quantitative estimate of drug-likeness (QED) is 0.491. The Kier molecular flexibility index (Phi) is 7.27. The third kappa shape index (κ3) is 4.85. The Morgan fingerprint density at radius 1 is 1.06 bits per heavy atom. The Bertz CT molecular complexity index is 1190. The number of hydrogen-bond donors (Lipinski definition) is 1. The first-order valence-corrected chi connectivity index (χ1v) is 13.1. The minimum atomic E-state index is -0.00606. The number of nitrogens with zero attached hydrogens (tertiary/aromatic N) is 5. The highest BCUT2D eigenvalue weighted by Gasteiger charge is 2.41. The van der Waals surface area contributed by atoms with Gasteiger partial charge in [0.1, 0.15) is 0 Å². The zero-order valence-electron chi connectivity index (χ0n) is 21.6. The predicted molar refractivity (Wildman–Crippen MR) is 149 cm³/mol. The number of pyridine rings is 1. The molecule has 1 aromatic carbocycles. The van der Waals surface area contributed by atoms with Gasteiger partial charge in [-0.05, 0) is 74.1 Å². The molecule has 2 saturated heterocycles. The molecule has 2 aliphatic heterocycles. The molecule has 5 rings (SSSR count).